The lowest BCUT2D eigenvalue weighted by atomic mass is 10.1. The summed E-state index contributed by atoms with van der Waals surface area (Å²) in [7, 11) is -3.62. The summed E-state index contributed by atoms with van der Waals surface area (Å²) in [5.74, 6) is -1.22. The molecule has 1 atom stereocenters. The molecule has 96 valence electrons. The molecule has 3 N–H and O–H groups in total. The van der Waals surface area contributed by atoms with Crippen LogP contribution in [0, 0.1) is 12.8 Å². The monoisotopic (exact) mass is 261 g/mol. The Morgan fingerprint density at radius 1 is 1.65 bits per heavy atom. The van der Waals surface area contributed by atoms with Crippen molar-refractivity contribution in [3.8, 4) is 0 Å². The van der Waals surface area contributed by atoms with Gasteiger partial charge in [0.05, 0.1) is 11.9 Å². The first-order valence-corrected chi connectivity index (χ1v) is 6.52. The predicted molar refractivity (Wildman–Crippen MR) is 59.9 cm³/mol. The number of aromatic nitrogens is 2. The third-order valence-corrected chi connectivity index (χ3v) is 3.76. The maximum Gasteiger partial charge on any atom is 0.303 e. The van der Waals surface area contributed by atoms with Crippen LogP contribution in [0.1, 0.15) is 19.0 Å². The Morgan fingerprint density at radius 2 is 2.29 bits per heavy atom. The smallest absolute Gasteiger partial charge is 0.303 e. The minimum Gasteiger partial charge on any atom is -0.481 e. The van der Waals surface area contributed by atoms with Gasteiger partial charge in [0.2, 0.25) is 10.0 Å². The van der Waals surface area contributed by atoms with Gasteiger partial charge in [0, 0.05) is 13.0 Å². The highest BCUT2D eigenvalue weighted by Gasteiger charge is 2.19. The maximum absolute atomic E-state index is 11.8. The van der Waals surface area contributed by atoms with E-state index < -0.39 is 16.0 Å². The number of aliphatic carboxylic acids is 1. The van der Waals surface area contributed by atoms with Crippen molar-refractivity contribution in [1.29, 1.82) is 0 Å². The molecule has 0 radical (unpaired) electrons. The highest BCUT2D eigenvalue weighted by Crippen LogP contribution is 2.11. The summed E-state index contributed by atoms with van der Waals surface area (Å²) in [6, 6.07) is 0. The quantitative estimate of drug-likeness (QED) is 0.672. The van der Waals surface area contributed by atoms with Crippen molar-refractivity contribution in [2.45, 2.75) is 25.2 Å². The van der Waals surface area contributed by atoms with E-state index in [-0.39, 0.29) is 23.8 Å². The van der Waals surface area contributed by atoms with Gasteiger partial charge in [-0.2, -0.15) is 5.10 Å². The number of aryl methyl sites for hydroxylation is 1. The van der Waals surface area contributed by atoms with E-state index in [2.05, 4.69) is 14.9 Å². The fourth-order valence-electron chi connectivity index (χ4n) is 1.31. The number of hydrogen-bond donors (Lipinski definition) is 3. The van der Waals surface area contributed by atoms with Gasteiger partial charge >= 0.3 is 5.97 Å². The number of carbonyl (C=O) groups is 1. The number of aromatic amines is 1. The second-order valence-corrected chi connectivity index (χ2v) is 5.65. The second kappa shape index (κ2) is 5.28. The minimum atomic E-state index is -3.62. The third kappa shape index (κ3) is 3.82. The fourth-order valence-corrected chi connectivity index (χ4v) is 2.61. The van der Waals surface area contributed by atoms with E-state index >= 15 is 0 Å². The molecule has 0 aromatic carbocycles. The first-order valence-electron chi connectivity index (χ1n) is 5.04. The maximum atomic E-state index is 11.8. The molecule has 0 spiro atoms. The zero-order valence-electron chi connectivity index (χ0n) is 9.60. The van der Waals surface area contributed by atoms with E-state index in [0.29, 0.717) is 5.69 Å². The van der Waals surface area contributed by atoms with Crippen LogP contribution in [0.3, 0.4) is 0 Å². The molecule has 0 fully saturated rings. The highest BCUT2D eigenvalue weighted by atomic mass is 32.2. The van der Waals surface area contributed by atoms with Crippen molar-refractivity contribution in [1.82, 2.24) is 14.9 Å². The van der Waals surface area contributed by atoms with Gasteiger partial charge in [-0.3, -0.25) is 9.89 Å². The van der Waals surface area contributed by atoms with Crippen molar-refractivity contribution in [3.05, 3.63) is 11.9 Å². The molecule has 0 aliphatic heterocycles. The van der Waals surface area contributed by atoms with Crippen LogP contribution < -0.4 is 4.72 Å². The normalized spacial score (nSPS) is 13.5. The van der Waals surface area contributed by atoms with Gasteiger partial charge in [-0.05, 0) is 12.8 Å². The van der Waals surface area contributed by atoms with Crippen molar-refractivity contribution >= 4 is 16.0 Å². The minimum absolute atomic E-state index is 0.0765. The first kappa shape index (κ1) is 13.7. The summed E-state index contributed by atoms with van der Waals surface area (Å²) >= 11 is 0. The van der Waals surface area contributed by atoms with Crippen molar-refractivity contribution in [3.63, 3.8) is 0 Å². The molecule has 1 aromatic heterocycles. The highest BCUT2D eigenvalue weighted by molar-refractivity contribution is 7.89. The Labute approximate surface area is 99.3 Å². The molecule has 1 heterocycles. The summed E-state index contributed by atoms with van der Waals surface area (Å²) in [4.78, 5) is 10.5. The molecule has 0 saturated heterocycles. The van der Waals surface area contributed by atoms with E-state index in [1.807, 2.05) is 0 Å². The SMILES string of the molecule is Cc1[nH]ncc1S(=O)(=O)NCC(C)CC(=O)O. The summed E-state index contributed by atoms with van der Waals surface area (Å²) in [6.07, 6.45) is 1.15. The van der Waals surface area contributed by atoms with Gasteiger partial charge in [-0.25, -0.2) is 13.1 Å². The average Bonchev–Trinajstić information content (AvgIpc) is 2.61. The molecule has 17 heavy (non-hydrogen) atoms. The van der Waals surface area contributed by atoms with E-state index in [9.17, 15) is 13.2 Å². The number of rotatable bonds is 6. The molecule has 1 rings (SSSR count). The number of nitrogens with zero attached hydrogens (tertiary/aromatic N) is 1. The Hall–Kier alpha value is -1.41. The van der Waals surface area contributed by atoms with Gasteiger partial charge in [-0.1, -0.05) is 6.92 Å². The van der Waals surface area contributed by atoms with Crippen LogP contribution >= 0.6 is 0 Å². The number of H-pyrrole nitrogens is 1. The van der Waals surface area contributed by atoms with E-state index in [0.717, 1.165) is 0 Å². The average molecular weight is 261 g/mol. The Balaban J connectivity index is 2.63. The van der Waals surface area contributed by atoms with Crippen LogP contribution in [0.15, 0.2) is 11.1 Å². The molecular formula is C9H15N3O4S. The molecule has 0 bridgehead atoms. The lowest BCUT2D eigenvalue weighted by Gasteiger charge is -2.10. The van der Waals surface area contributed by atoms with Gasteiger partial charge in [0.25, 0.3) is 0 Å². The first-order chi connectivity index (χ1) is 7.83. The summed E-state index contributed by atoms with van der Waals surface area (Å²) in [5.41, 5.74) is 0.448. The standard InChI is InChI=1S/C9H15N3O4S/c1-6(3-9(13)14)4-11-17(15,16)8-5-10-12-7(8)2/h5-6,11H,3-4H2,1-2H3,(H,10,12)(H,13,14). The second-order valence-electron chi connectivity index (χ2n) is 3.91. The predicted octanol–water partition coefficient (Wildman–Crippen LogP) is 0.107. The number of carboxylic acids is 1. The lowest BCUT2D eigenvalue weighted by molar-refractivity contribution is -0.137. The van der Waals surface area contributed by atoms with Gasteiger partial charge < -0.3 is 5.11 Å². The Kier molecular flexibility index (Phi) is 4.24. The third-order valence-electron chi connectivity index (χ3n) is 2.22. The number of nitrogens with one attached hydrogen (secondary N) is 2. The van der Waals surface area contributed by atoms with Crippen LogP contribution in [-0.2, 0) is 14.8 Å². The lowest BCUT2D eigenvalue weighted by Crippen LogP contribution is -2.29. The molecule has 7 nitrogen and oxygen atoms in total. The molecular weight excluding hydrogens is 246 g/mol. The molecule has 1 unspecified atom stereocenters. The topological polar surface area (TPSA) is 112 Å². The van der Waals surface area contributed by atoms with Crippen LogP contribution in [0.2, 0.25) is 0 Å². The number of hydrogen-bond acceptors (Lipinski definition) is 4. The van der Waals surface area contributed by atoms with Gasteiger partial charge in [0.1, 0.15) is 4.90 Å². The van der Waals surface area contributed by atoms with Crippen molar-refractivity contribution < 1.29 is 18.3 Å². The van der Waals surface area contributed by atoms with Crippen LogP contribution in [0.5, 0.6) is 0 Å². The Morgan fingerprint density at radius 3 is 2.76 bits per heavy atom. The van der Waals surface area contributed by atoms with E-state index in [1.165, 1.54) is 6.20 Å². The molecule has 1 aromatic rings. The van der Waals surface area contributed by atoms with Gasteiger partial charge in [-0.15, -0.1) is 0 Å². The van der Waals surface area contributed by atoms with Crippen molar-refractivity contribution in [2.24, 2.45) is 5.92 Å². The van der Waals surface area contributed by atoms with E-state index in [4.69, 9.17) is 5.11 Å². The molecule has 0 saturated carbocycles. The Bertz CT molecular complexity index is 494. The van der Waals surface area contributed by atoms with Crippen LogP contribution in [-0.4, -0.2) is 36.2 Å². The largest absolute Gasteiger partial charge is 0.481 e. The van der Waals surface area contributed by atoms with Gasteiger partial charge in [0.15, 0.2) is 0 Å². The zero-order chi connectivity index (χ0) is 13.1. The summed E-state index contributed by atoms with van der Waals surface area (Å²) < 4.78 is 25.9. The van der Waals surface area contributed by atoms with Crippen LogP contribution in [0.25, 0.3) is 0 Å². The summed E-state index contributed by atoms with van der Waals surface area (Å²) in [6.45, 7) is 3.35. The fraction of sp³-hybridized carbons (Fsp3) is 0.556. The van der Waals surface area contributed by atoms with Crippen LogP contribution in [0.4, 0.5) is 0 Å². The summed E-state index contributed by atoms with van der Waals surface area (Å²) in [5, 5.41) is 14.7. The zero-order valence-corrected chi connectivity index (χ0v) is 10.4. The number of sulfonamides is 1. The van der Waals surface area contributed by atoms with E-state index in [1.54, 1.807) is 13.8 Å². The number of carboxylic acid groups (broad SMARTS) is 1. The van der Waals surface area contributed by atoms with Crippen molar-refractivity contribution in [2.75, 3.05) is 6.54 Å². The molecule has 8 heteroatoms. The molecule has 0 aliphatic rings. The molecule has 0 amide bonds. The molecule has 0 aliphatic carbocycles.